The van der Waals surface area contributed by atoms with E-state index in [4.69, 9.17) is 5.73 Å². The summed E-state index contributed by atoms with van der Waals surface area (Å²) >= 11 is 0. The molecule has 1 aliphatic rings. The van der Waals surface area contributed by atoms with Crippen LogP contribution in [0.3, 0.4) is 0 Å². The van der Waals surface area contributed by atoms with Crippen molar-refractivity contribution in [3.05, 3.63) is 59.9 Å². The van der Waals surface area contributed by atoms with Gasteiger partial charge >= 0.3 is 0 Å². The van der Waals surface area contributed by atoms with Crippen molar-refractivity contribution in [2.75, 3.05) is 11.9 Å². The van der Waals surface area contributed by atoms with Gasteiger partial charge in [0.25, 0.3) is 5.91 Å². The van der Waals surface area contributed by atoms with Gasteiger partial charge in [-0.15, -0.1) is 24.8 Å². The Morgan fingerprint density at radius 3 is 2.50 bits per heavy atom. The normalized spacial score (nSPS) is 17.8. The third-order valence-corrected chi connectivity index (χ3v) is 4.90. The van der Waals surface area contributed by atoms with Crippen LogP contribution in [0, 0.1) is 11.8 Å². The molecule has 0 aliphatic heterocycles. The number of nitrogens with one attached hydrogen (secondary N) is 2. The highest BCUT2D eigenvalue weighted by atomic mass is 35.5. The molecule has 0 spiro atoms. The van der Waals surface area contributed by atoms with Gasteiger partial charge in [-0.1, -0.05) is 18.6 Å². The molecule has 2 aromatic rings. The third-order valence-electron chi connectivity index (χ3n) is 4.90. The average molecular weight is 425 g/mol. The monoisotopic (exact) mass is 424 g/mol. The number of hydrogen-bond acceptors (Lipinski definition) is 4. The molecule has 1 heterocycles. The van der Waals surface area contributed by atoms with Gasteiger partial charge in [-0.05, 0) is 55.1 Å². The average Bonchev–Trinajstić information content (AvgIpc) is 3.17. The lowest BCUT2D eigenvalue weighted by Crippen LogP contribution is -2.34. The summed E-state index contributed by atoms with van der Waals surface area (Å²) < 4.78 is 0. The van der Waals surface area contributed by atoms with Gasteiger partial charge in [0.2, 0.25) is 5.91 Å². The number of carbonyl (C=O) groups excluding carboxylic acids is 2. The fourth-order valence-electron chi connectivity index (χ4n) is 3.39. The number of hydrogen-bond donors (Lipinski definition) is 3. The first-order valence-electron chi connectivity index (χ1n) is 8.95. The molecular weight excluding hydrogens is 399 g/mol. The summed E-state index contributed by atoms with van der Waals surface area (Å²) in [5.74, 6) is 0.234. The Balaban J connectivity index is 0.00000196. The SMILES string of the molecule is Cl.Cl.NC[C@H]1CCC[C@H]1C(=O)NCc1ccc(NC(=O)c2cccnc2)cc1. The smallest absolute Gasteiger partial charge is 0.257 e. The molecule has 0 saturated heterocycles. The van der Waals surface area contributed by atoms with E-state index in [1.165, 1.54) is 6.20 Å². The zero-order chi connectivity index (χ0) is 18.4. The van der Waals surface area contributed by atoms with E-state index in [0.29, 0.717) is 30.3 Å². The molecule has 1 saturated carbocycles. The molecule has 3 rings (SSSR count). The Labute approximate surface area is 177 Å². The van der Waals surface area contributed by atoms with Crippen LogP contribution in [0.2, 0.25) is 0 Å². The van der Waals surface area contributed by atoms with E-state index in [9.17, 15) is 9.59 Å². The van der Waals surface area contributed by atoms with Gasteiger partial charge in [0, 0.05) is 30.5 Å². The minimum Gasteiger partial charge on any atom is -0.352 e. The number of benzene rings is 1. The second-order valence-electron chi connectivity index (χ2n) is 6.64. The summed E-state index contributed by atoms with van der Waals surface area (Å²) in [6.07, 6.45) is 6.19. The maximum absolute atomic E-state index is 12.3. The number of nitrogens with two attached hydrogens (primary N) is 1. The van der Waals surface area contributed by atoms with E-state index >= 15 is 0 Å². The molecule has 0 unspecified atom stereocenters. The van der Waals surface area contributed by atoms with Crippen molar-refractivity contribution >= 4 is 42.3 Å². The molecule has 28 heavy (non-hydrogen) atoms. The summed E-state index contributed by atoms with van der Waals surface area (Å²) in [4.78, 5) is 28.4. The lowest BCUT2D eigenvalue weighted by Gasteiger charge is -2.17. The molecule has 0 bridgehead atoms. The quantitative estimate of drug-likeness (QED) is 0.662. The zero-order valence-corrected chi connectivity index (χ0v) is 17.1. The number of rotatable bonds is 6. The van der Waals surface area contributed by atoms with Crippen molar-refractivity contribution in [3.63, 3.8) is 0 Å². The summed E-state index contributed by atoms with van der Waals surface area (Å²) in [5, 5.41) is 5.83. The lowest BCUT2D eigenvalue weighted by molar-refractivity contribution is -0.126. The van der Waals surface area contributed by atoms with Crippen LogP contribution in [0.15, 0.2) is 48.8 Å². The topological polar surface area (TPSA) is 97.1 Å². The zero-order valence-electron chi connectivity index (χ0n) is 15.5. The summed E-state index contributed by atoms with van der Waals surface area (Å²) in [7, 11) is 0. The lowest BCUT2D eigenvalue weighted by atomic mass is 9.95. The number of anilines is 1. The Morgan fingerprint density at radius 2 is 1.86 bits per heavy atom. The molecule has 0 radical (unpaired) electrons. The molecule has 2 atom stereocenters. The van der Waals surface area contributed by atoms with Gasteiger partial charge in [-0.25, -0.2) is 0 Å². The Hall–Kier alpha value is -2.15. The van der Waals surface area contributed by atoms with Crippen LogP contribution in [0.4, 0.5) is 5.69 Å². The van der Waals surface area contributed by atoms with Gasteiger partial charge < -0.3 is 16.4 Å². The van der Waals surface area contributed by atoms with Gasteiger partial charge in [-0.3, -0.25) is 14.6 Å². The fraction of sp³-hybridized carbons (Fsp3) is 0.350. The van der Waals surface area contributed by atoms with Crippen molar-refractivity contribution in [1.29, 1.82) is 0 Å². The molecule has 4 N–H and O–H groups in total. The van der Waals surface area contributed by atoms with E-state index in [1.54, 1.807) is 18.3 Å². The number of halogens is 2. The fourth-order valence-corrected chi connectivity index (χ4v) is 3.39. The van der Waals surface area contributed by atoms with Crippen LogP contribution >= 0.6 is 24.8 Å². The number of nitrogens with zero attached hydrogens (tertiary/aromatic N) is 1. The largest absolute Gasteiger partial charge is 0.352 e. The Morgan fingerprint density at radius 1 is 1.11 bits per heavy atom. The van der Waals surface area contributed by atoms with Gasteiger partial charge in [0.15, 0.2) is 0 Å². The van der Waals surface area contributed by atoms with E-state index < -0.39 is 0 Å². The van der Waals surface area contributed by atoms with Crippen LogP contribution < -0.4 is 16.4 Å². The summed E-state index contributed by atoms with van der Waals surface area (Å²) in [6, 6.07) is 10.9. The van der Waals surface area contributed by atoms with Gasteiger partial charge in [0.1, 0.15) is 0 Å². The van der Waals surface area contributed by atoms with Crippen LogP contribution in [0.5, 0.6) is 0 Å². The number of amides is 2. The second kappa shape index (κ2) is 11.6. The maximum Gasteiger partial charge on any atom is 0.257 e. The van der Waals surface area contributed by atoms with Crippen molar-refractivity contribution in [2.24, 2.45) is 17.6 Å². The highest BCUT2D eigenvalue weighted by molar-refractivity contribution is 6.04. The molecular formula is C20H26Cl2N4O2. The number of carbonyl (C=O) groups is 2. The molecule has 1 aromatic carbocycles. The first kappa shape index (κ1) is 23.9. The van der Waals surface area contributed by atoms with Crippen LogP contribution in [-0.2, 0) is 11.3 Å². The van der Waals surface area contributed by atoms with Crippen LogP contribution in [0.25, 0.3) is 0 Å². The summed E-state index contributed by atoms with van der Waals surface area (Å²) in [5.41, 5.74) is 7.95. The first-order chi connectivity index (χ1) is 12.7. The first-order valence-corrected chi connectivity index (χ1v) is 8.95. The van der Waals surface area contributed by atoms with Crippen molar-refractivity contribution in [2.45, 2.75) is 25.8 Å². The van der Waals surface area contributed by atoms with Crippen LogP contribution in [0.1, 0.15) is 35.2 Å². The summed E-state index contributed by atoms with van der Waals surface area (Å²) in [6.45, 7) is 1.05. The van der Waals surface area contributed by atoms with E-state index in [0.717, 1.165) is 24.8 Å². The highest BCUT2D eigenvalue weighted by Crippen LogP contribution is 2.31. The van der Waals surface area contributed by atoms with E-state index in [-0.39, 0.29) is 42.5 Å². The molecule has 2 amide bonds. The number of aromatic nitrogens is 1. The van der Waals surface area contributed by atoms with E-state index in [2.05, 4.69) is 15.6 Å². The predicted molar refractivity (Wildman–Crippen MR) is 115 cm³/mol. The molecule has 1 fully saturated rings. The third kappa shape index (κ3) is 6.19. The highest BCUT2D eigenvalue weighted by Gasteiger charge is 2.31. The Bertz CT molecular complexity index is 757. The standard InChI is InChI=1S/C20H24N4O2.2ClH/c21-11-15-3-1-5-18(15)20(26)23-12-14-6-8-17(9-7-14)24-19(25)16-4-2-10-22-13-16;;/h2,4,6-10,13,15,18H,1,3,5,11-12,21H2,(H,23,26)(H,24,25);2*1H/t15-,18-;;/m1../s1. The van der Waals surface area contributed by atoms with Crippen LogP contribution in [-0.4, -0.2) is 23.3 Å². The Kier molecular flexibility index (Phi) is 9.93. The molecule has 1 aromatic heterocycles. The number of pyridine rings is 1. The molecule has 1 aliphatic carbocycles. The van der Waals surface area contributed by atoms with Gasteiger partial charge in [0.05, 0.1) is 5.56 Å². The molecule has 6 nitrogen and oxygen atoms in total. The minimum absolute atomic E-state index is 0. The second-order valence-corrected chi connectivity index (χ2v) is 6.64. The van der Waals surface area contributed by atoms with Crippen molar-refractivity contribution in [1.82, 2.24) is 10.3 Å². The van der Waals surface area contributed by atoms with Crippen molar-refractivity contribution < 1.29 is 9.59 Å². The molecule has 152 valence electrons. The molecule has 8 heteroatoms. The van der Waals surface area contributed by atoms with Crippen molar-refractivity contribution in [3.8, 4) is 0 Å². The minimum atomic E-state index is -0.201. The van der Waals surface area contributed by atoms with Gasteiger partial charge in [-0.2, -0.15) is 0 Å². The van der Waals surface area contributed by atoms with E-state index in [1.807, 2.05) is 24.3 Å². The predicted octanol–water partition coefficient (Wildman–Crippen LogP) is 3.17. The maximum atomic E-state index is 12.3.